The molecule has 2 aromatic carbocycles. The molecule has 0 saturated heterocycles. The Balaban J connectivity index is 1.70. The second-order valence-corrected chi connectivity index (χ2v) is 7.94. The number of benzene rings is 2. The van der Waals surface area contributed by atoms with Gasteiger partial charge in [-0.05, 0) is 42.5 Å². The molecule has 2 aliphatic rings. The monoisotopic (exact) mass is 420 g/mol. The molecule has 2 aliphatic heterocycles. The van der Waals surface area contributed by atoms with Crippen molar-refractivity contribution in [2.75, 3.05) is 13.2 Å². The fourth-order valence-corrected chi connectivity index (χ4v) is 4.41. The van der Waals surface area contributed by atoms with Crippen molar-refractivity contribution in [3.05, 3.63) is 58.7 Å². The Hall–Kier alpha value is -2.54. The van der Waals surface area contributed by atoms with Crippen LogP contribution in [-0.4, -0.2) is 36.4 Å². The van der Waals surface area contributed by atoms with E-state index in [0.717, 1.165) is 34.4 Å². The van der Waals surface area contributed by atoms with Crippen molar-refractivity contribution in [3.8, 4) is 11.5 Å². The van der Waals surface area contributed by atoms with E-state index >= 15 is 0 Å². The zero-order valence-electron chi connectivity index (χ0n) is 16.6. The van der Waals surface area contributed by atoms with Crippen molar-refractivity contribution >= 4 is 5.78 Å². The summed E-state index contributed by atoms with van der Waals surface area (Å²) in [5.41, 5.74) is 2.36. The maximum absolute atomic E-state index is 13.5. The van der Waals surface area contributed by atoms with Gasteiger partial charge in [0.2, 0.25) is 0 Å². The first-order valence-corrected chi connectivity index (χ1v) is 10.0. The van der Waals surface area contributed by atoms with Gasteiger partial charge in [-0.1, -0.05) is 24.3 Å². The van der Waals surface area contributed by atoms with Crippen LogP contribution in [0.15, 0.2) is 36.4 Å². The number of fused-ring (bicyclic) bond motifs is 2. The van der Waals surface area contributed by atoms with Crippen molar-refractivity contribution < 1.29 is 32.5 Å². The molecule has 0 aromatic heterocycles. The zero-order chi connectivity index (χ0) is 21.5. The van der Waals surface area contributed by atoms with E-state index in [9.17, 15) is 23.1 Å². The molecule has 30 heavy (non-hydrogen) atoms. The Kier molecular flexibility index (Phi) is 5.26. The second kappa shape index (κ2) is 7.61. The molecule has 160 valence electrons. The van der Waals surface area contributed by atoms with Crippen LogP contribution in [0.4, 0.5) is 13.2 Å². The number of halogens is 3. The number of carbonyl (C=O) groups excluding carboxylic acids is 1. The summed E-state index contributed by atoms with van der Waals surface area (Å²) >= 11 is 0. The van der Waals surface area contributed by atoms with Crippen molar-refractivity contribution in [3.63, 3.8) is 0 Å². The number of carbonyl (C=O) groups is 1. The number of rotatable bonds is 6. The van der Waals surface area contributed by atoms with Crippen LogP contribution in [0.5, 0.6) is 11.5 Å². The van der Waals surface area contributed by atoms with Crippen molar-refractivity contribution in [1.82, 2.24) is 0 Å². The summed E-state index contributed by atoms with van der Waals surface area (Å²) in [6.07, 6.45) is -7.02. The molecule has 4 nitrogen and oxygen atoms in total. The molecular weight excluding hydrogens is 397 g/mol. The van der Waals surface area contributed by atoms with Gasteiger partial charge in [-0.25, -0.2) is 0 Å². The van der Waals surface area contributed by atoms with E-state index in [1.807, 2.05) is 37.3 Å². The fraction of sp³-hybridized carbons (Fsp3) is 0.435. The Morgan fingerprint density at radius 1 is 1.17 bits per heavy atom. The number of aliphatic hydroxyl groups is 1. The first-order chi connectivity index (χ1) is 14.2. The highest BCUT2D eigenvalue weighted by atomic mass is 19.4. The summed E-state index contributed by atoms with van der Waals surface area (Å²) in [6, 6.07) is 11.3. The lowest BCUT2D eigenvalue weighted by Gasteiger charge is -2.29. The average Bonchev–Trinajstić information content (AvgIpc) is 3.30. The van der Waals surface area contributed by atoms with Gasteiger partial charge in [-0.2, -0.15) is 13.2 Å². The first-order valence-electron chi connectivity index (χ1n) is 10.0. The molecular formula is C23H23F3O4. The number of Topliss-reactive ketones (excluding diaryl/α,β-unsaturated/α-hetero) is 1. The molecule has 1 N–H and O–H groups in total. The Morgan fingerprint density at radius 3 is 2.67 bits per heavy atom. The minimum absolute atomic E-state index is 0.0590. The van der Waals surface area contributed by atoms with E-state index in [4.69, 9.17) is 9.47 Å². The van der Waals surface area contributed by atoms with Gasteiger partial charge in [-0.15, -0.1) is 0 Å². The second-order valence-electron chi connectivity index (χ2n) is 7.94. The third-order valence-corrected chi connectivity index (χ3v) is 6.04. The smallest absolute Gasteiger partial charge is 0.414 e. The zero-order valence-corrected chi connectivity index (χ0v) is 16.6. The van der Waals surface area contributed by atoms with Crippen LogP contribution in [0.3, 0.4) is 0 Å². The molecule has 2 heterocycles. The lowest BCUT2D eigenvalue weighted by molar-refractivity contribution is -0.205. The van der Waals surface area contributed by atoms with E-state index < -0.39 is 24.1 Å². The number of hydrogen-bond donors (Lipinski definition) is 1. The van der Waals surface area contributed by atoms with Gasteiger partial charge in [0.1, 0.15) is 29.6 Å². The third-order valence-electron chi connectivity index (χ3n) is 6.04. The number of hydrogen-bond acceptors (Lipinski definition) is 4. The average molecular weight is 420 g/mol. The topological polar surface area (TPSA) is 55.8 Å². The number of ketones is 1. The van der Waals surface area contributed by atoms with Gasteiger partial charge >= 0.3 is 6.18 Å². The van der Waals surface area contributed by atoms with E-state index in [2.05, 4.69) is 0 Å². The predicted molar refractivity (Wildman–Crippen MR) is 104 cm³/mol. The van der Waals surface area contributed by atoms with Crippen LogP contribution in [0.1, 0.15) is 41.5 Å². The first kappa shape index (κ1) is 20.7. The molecule has 0 bridgehead atoms. The van der Waals surface area contributed by atoms with Crippen LogP contribution in [-0.2, 0) is 16.6 Å². The normalized spacial score (nSPS) is 20.8. The van der Waals surface area contributed by atoms with Gasteiger partial charge in [0.25, 0.3) is 0 Å². The van der Waals surface area contributed by atoms with Gasteiger partial charge in [0.05, 0.1) is 6.61 Å². The molecule has 0 spiro atoms. The van der Waals surface area contributed by atoms with E-state index in [1.165, 1.54) is 0 Å². The molecule has 2 atom stereocenters. The molecule has 0 saturated carbocycles. The molecule has 0 radical (unpaired) electrons. The molecule has 2 aromatic rings. The van der Waals surface area contributed by atoms with Crippen LogP contribution >= 0.6 is 0 Å². The van der Waals surface area contributed by atoms with E-state index in [-0.39, 0.29) is 25.2 Å². The predicted octanol–water partition coefficient (Wildman–Crippen LogP) is 4.27. The molecule has 7 heteroatoms. The quantitative estimate of drug-likeness (QED) is 0.758. The highest BCUT2D eigenvalue weighted by Gasteiger charge is 2.49. The summed E-state index contributed by atoms with van der Waals surface area (Å²) < 4.78 is 49.4. The minimum atomic E-state index is -4.68. The Bertz CT molecular complexity index is 969. The van der Waals surface area contributed by atoms with Crippen LogP contribution in [0.25, 0.3) is 0 Å². The fourth-order valence-electron chi connectivity index (χ4n) is 4.41. The SMILES string of the molecule is Cc1ccccc1C1(C(=O)CCCC(O)C(F)(F)F)COc2cc3c(cc21)CCO3. The Morgan fingerprint density at radius 2 is 1.93 bits per heavy atom. The van der Waals surface area contributed by atoms with Crippen molar-refractivity contribution in [2.24, 2.45) is 0 Å². The summed E-state index contributed by atoms with van der Waals surface area (Å²) in [5.74, 6) is 1.11. The van der Waals surface area contributed by atoms with E-state index in [1.54, 1.807) is 6.07 Å². The van der Waals surface area contributed by atoms with E-state index in [0.29, 0.717) is 12.4 Å². The van der Waals surface area contributed by atoms with Gasteiger partial charge < -0.3 is 14.6 Å². The molecule has 0 aliphatic carbocycles. The number of ether oxygens (including phenoxy) is 2. The van der Waals surface area contributed by atoms with Gasteiger partial charge in [0, 0.05) is 24.5 Å². The molecule has 0 fully saturated rings. The van der Waals surface area contributed by atoms with Crippen LogP contribution in [0, 0.1) is 6.92 Å². The maximum atomic E-state index is 13.5. The number of aryl methyl sites for hydroxylation is 1. The van der Waals surface area contributed by atoms with Crippen molar-refractivity contribution in [1.29, 1.82) is 0 Å². The van der Waals surface area contributed by atoms with Crippen LogP contribution in [0.2, 0.25) is 0 Å². The summed E-state index contributed by atoms with van der Waals surface area (Å²) in [4.78, 5) is 13.5. The number of aliphatic hydroxyl groups excluding tert-OH is 1. The standard InChI is InChI=1S/C23H23F3O4/c1-14-5-2-3-6-16(14)22(20(27)7-4-8-21(28)23(24,25)26)13-30-19-12-18-15(9-10-29-18)11-17(19)22/h2-3,5-6,11-12,21,28H,4,7-10,13H2,1H3. The molecule has 0 amide bonds. The summed E-state index contributed by atoms with van der Waals surface area (Å²) in [5, 5.41) is 9.28. The molecule has 2 unspecified atom stereocenters. The van der Waals surface area contributed by atoms with Gasteiger partial charge in [0.15, 0.2) is 5.78 Å². The lowest BCUT2D eigenvalue weighted by atomic mass is 9.69. The third kappa shape index (κ3) is 3.45. The highest BCUT2D eigenvalue weighted by Crippen LogP contribution is 2.49. The number of alkyl halides is 3. The summed E-state index contributed by atoms with van der Waals surface area (Å²) in [6.45, 7) is 2.57. The Labute approximate surface area is 172 Å². The molecule has 4 rings (SSSR count). The largest absolute Gasteiger partial charge is 0.493 e. The maximum Gasteiger partial charge on any atom is 0.414 e. The lowest BCUT2D eigenvalue weighted by Crippen LogP contribution is -2.40. The summed E-state index contributed by atoms with van der Waals surface area (Å²) in [7, 11) is 0. The minimum Gasteiger partial charge on any atom is -0.493 e. The van der Waals surface area contributed by atoms with Crippen molar-refractivity contribution in [2.45, 2.75) is 50.3 Å². The van der Waals surface area contributed by atoms with Gasteiger partial charge in [-0.3, -0.25) is 4.79 Å². The van der Waals surface area contributed by atoms with Crippen LogP contribution < -0.4 is 9.47 Å². The highest BCUT2D eigenvalue weighted by molar-refractivity contribution is 5.96.